The van der Waals surface area contributed by atoms with Crippen molar-refractivity contribution in [2.24, 2.45) is 0 Å². The lowest BCUT2D eigenvalue weighted by Crippen LogP contribution is -1.91. The summed E-state index contributed by atoms with van der Waals surface area (Å²) in [5, 5.41) is 0. The summed E-state index contributed by atoms with van der Waals surface area (Å²) in [6.45, 7) is 1.99. The van der Waals surface area contributed by atoms with Crippen molar-refractivity contribution in [1.82, 2.24) is 0 Å². The molecule has 0 aromatic heterocycles. The molecule has 0 aliphatic heterocycles. The molecule has 1 atom stereocenters. The van der Waals surface area contributed by atoms with E-state index in [2.05, 4.69) is 0 Å². The zero-order valence-corrected chi connectivity index (χ0v) is 6.80. The van der Waals surface area contributed by atoms with Crippen LogP contribution in [0.5, 0.6) is 0 Å². The smallest absolute Gasteiger partial charge is 0.163 e. The Morgan fingerprint density at radius 3 is 3.00 bits per heavy atom. The van der Waals surface area contributed by atoms with E-state index >= 15 is 0 Å². The summed E-state index contributed by atoms with van der Waals surface area (Å²) in [5.41, 5.74) is 1.56. The van der Waals surface area contributed by atoms with Crippen LogP contribution >= 0.6 is 0 Å². The van der Waals surface area contributed by atoms with Gasteiger partial charge in [-0.3, -0.25) is 4.79 Å². The van der Waals surface area contributed by atoms with E-state index in [0.717, 1.165) is 5.56 Å². The zero-order chi connectivity index (χ0) is 8.72. The van der Waals surface area contributed by atoms with E-state index in [1.165, 1.54) is 12.1 Å². The lowest BCUT2D eigenvalue weighted by molar-refractivity contribution is 0.0990. The summed E-state index contributed by atoms with van der Waals surface area (Å²) < 4.78 is 12.7. The van der Waals surface area contributed by atoms with Crippen molar-refractivity contribution < 1.29 is 9.18 Å². The second-order valence-corrected chi connectivity index (χ2v) is 3.26. The van der Waals surface area contributed by atoms with Crippen molar-refractivity contribution in [2.45, 2.75) is 19.3 Å². The van der Waals surface area contributed by atoms with E-state index in [0.29, 0.717) is 12.0 Å². The third-order valence-corrected chi connectivity index (χ3v) is 2.34. The first-order chi connectivity index (χ1) is 5.68. The van der Waals surface area contributed by atoms with Crippen molar-refractivity contribution in [3.05, 3.63) is 35.1 Å². The molecular weight excluding hydrogens is 155 g/mol. The largest absolute Gasteiger partial charge is 0.294 e. The maximum atomic E-state index is 12.7. The van der Waals surface area contributed by atoms with Gasteiger partial charge < -0.3 is 0 Å². The number of fused-ring (bicyclic) bond motifs is 1. The van der Waals surface area contributed by atoms with Crippen molar-refractivity contribution in [1.29, 1.82) is 0 Å². The van der Waals surface area contributed by atoms with Crippen LogP contribution in [0.4, 0.5) is 4.39 Å². The molecule has 0 saturated carbocycles. The average molecular weight is 164 g/mol. The first-order valence-corrected chi connectivity index (χ1v) is 4.01. The van der Waals surface area contributed by atoms with Crippen molar-refractivity contribution in [3.63, 3.8) is 0 Å². The Balaban J connectivity index is 2.60. The minimum Gasteiger partial charge on any atom is -0.294 e. The van der Waals surface area contributed by atoms with Crippen LogP contribution < -0.4 is 0 Å². The van der Waals surface area contributed by atoms with Crippen LogP contribution in [0.3, 0.4) is 0 Å². The minimum atomic E-state index is -0.323. The molecule has 0 N–H and O–H groups in total. The molecule has 1 nitrogen and oxygen atoms in total. The Labute approximate surface area is 70.2 Å². The second-order valence-electron chi connectivity index (χ2n) is 3.26. The Bertz CT molecular complexity index is 344. The summed E-state index contributed by atoms with van der Waals surface area (Å²) in [6, 6.07) is 4.45. The van der Waals surface area contributed by atoms with Gasteiger partial charge in [0, 0.05) is 12.0 Å². The van der Waals surface area contributed by atoms with Gasteiger partial charge >= 0.3 is 0 Å². The third-order valence-electron chi connectivity index (χ3n) is 2.34. The fourth-order valence-corrected chi connectivity index (χ4v) is 1.70. The number of carbonyl (C=O) groups excluding carboxylic acids is 1. The van der Waals surface area contributed by atoms with Crippen LogP contribution in [0.2, 0.25) is 0 Å². The van der Waals surface area contributed by atoms with Gasteiger partial charge in [-0.2, -0.15) is 0 Å². The van der Waals surface area contributed by atoms with Gasteiger partial charge in [0.2, 0.25) is 0 Å². The Hall–Kier alpha value is -1.18. The molecule has 0 saturated heterocycles. The van der Waals surface area contributed by atoms with E-state index in [1.807, 2.05) is 6.92 Å². The first kappa shape index (κ1) is 7.47. The number of benzene rings is 1. The molecule has 1 aliphatic carbocycles. The standard InChI is InChI=1S/C10H9FO/c1-6-4-10(12)9-5-7(11)2-3-8(6)9/h2-3,5-6H,4H2,1H3/t6-/m0/s1. The van der Waals surface area contributed by atoms with Gasteiger partial charge in [-0.15, -0.1) is 0 Å². The highest BCUT2D eigenvalue weighted by Gasteiger charge is 2.25. The van der Waals surface area contributed by atoms with Gasteiger partial charge in [0.15, 0.2) is 5.78 Å². The van der Waals surface area contributed by atoms with Crippen molar-refractivity contribution in [3.8, 4) is 0 Å². The summed E-state index contributed by atoms with van der Waals surface area (Å²) >= 11 is 0. The van der Waals surface area contributed by atoms with Crippen LogP contribution in [0.15, 0.2) is 18.2 Å². The number of hydrogen-bond acceptors (Lipinski definition) is 1. The number of Topliss-reactive ketones (excluding diaryl/α,β-unsaturated/α-hetero) is 1. The summed E-state index contributed by atoms with van der Waals surface area (Å²) in [5.74, 6) is 0.00120. The molecule has 2 heteroatoms. The van der Waals surface area contributed by atoms with Crippen LogP contribution in [-0.4, -0.2) is 5.78 Å². The maximum absolute atomic E-state index is 12.7. The molecular formula is C10H9FO. The number of halogens is 1. The van der Waals surface area contributed by atoms with Gasteiger partial charge in [-0.25, -0.2) is 4.39 Å². The van der Waals surface area contributed by atoms with Crippen LogP contribution in [0, 0.1) is 5.82 Å². The quantitative estimate of drug-likeness (QED) is 0.575. The molecule has 1 aromatic carbocycles. The predicted octanol–water partition coefficient (Wildman–Crippen LogP) is 2.52. The highest BCUT2D eigenvalue weighted by Crippen LogP contribution is 2.32. The molecule has 12 heavy (non-hydrogen) atoms. The first-order valence-electron chi connectivity index (χ1n) is 4.01. The van der Waals surface area contributed by atoms with Crippen LogP contribution in [0.1, 0.15) is 35.2 Å². The summed E-state index contributed by atoms with van der Waals surface area (Å²) in [6.07, 6.45) is 0.527. The number of hydrogen-bond donors (Lipinski definition) is 0. The van der Waals surface area contributed by atoms with Crippen molar-refractivity contribution in [2.75, 3.05) is 0 Å². The molecule has 0 bridgehead atoms. The summed E-state index contributed by atoms with van der Waals surface area (Å²) in [7, 11) is 0. The van der Waals surface area contributed by atoms with Gasteiger partial charge in [-0.05, 0) is 23.6 Å². The van der Waals surface area contributed by atoms with Gasteiger partial charge in [0.05, 0.1) is 0 Å². The predicted molar refractivity (Wildman–Crippen MR) is 43.8 cm³/mol. The Morgan fingerprint density at radius 1 is 1.50 bits per heavy atom. The number of carbonyl (C=O) groups is 1. The minimum absolute atomic E-state index is 0.0667. The molecule has 0 spiro atoms. The molecule has 0 fully saturated rings. The van der Waals surface area contributed by atoms with E-state index in [9.17, 15) is 9.18 Å². The second kappa shape index (κ2) is 2.41. The van der Waals surface area contributed by atoms with E-state index in [1.54, 1.807) is 6.07 Å². The van der Waals surface area contributed by atoms with Gasteiger partial charge in [0.25, 0.3) is 0 Å². The monoisotopic (exact) mass is 164 g/mol. The van der Waals surface area contributed by atoms with Crippen molar-refractivity contribution >= 4 is 5.78 Å². The van der Waals surface area contributed by atoms with E-state index in [-0.39, 0.29) is 17.5 Å². The van der Waals surface area contributed by atoms with E-state index in [4.69, 9.17) is 0 Å². The average Bonchev–Trinajstić information content (AvgIpc) is 2.28. The number of ketones is 1. The number of rotatable bonds is 0. The molecule has 2 rings (SSSR count). The van der Waals surface area contributed by atoms with Crippen LogP contribution in [0.25, 0.3) is 0 Å². The van der Waals surface area contributed by atoms with E-state index < -0.39 is 0 Å². The molecule has 1 aromatic rings. The third kappa shape index (κ3) is 0.951. The lowest BCUT2D eigenvalue weighted by atomic mass is 10.0. The molecule has 62 valence electrons. The Kier molecular flexibility index (Phi) is 1.50. The molecule has 0 amide bonds. The molecule has 0 unspecified atom stereocenters. The zero-order valence-electron chi connectivity index (χ0n) is 6.80. The molecule has 0 heterocycles. The van der Waals surface area contributed by atoms with Crippen LogP contribution in [-0.2, 0) is 0 Å². The Morgan fingerprint density at radius 2 is 2.25 bits per heavy atom. The maximum Gasteiger partial charge on any atom is 0.163 e. The summed E-state index contributed by atoms with van der Waals surface area (Å²) in [4.78, 5) is 11.3. The molecule has 1 aliphatic rings. The highest BCUT2D eigenvalue weighted by atomic mass is 19.1. The molecule has 0 radical (unpaired) electrons. The lowest BCUT2D eigenvalue weighted by Gasteiger charge is -2.00. The highest BCUT2D eigenvalue weighted by molar-refractivity contribution is 6.01. The fourth-order valence-electron chi connectivity index (χ4n) is 1.70. The van der Waals surface area contributed by atoms with Gasteiger partial charge in [0.1, 0.15) is 5.82 Å². The SMILES string of the molecule is C[C@H]1CC(=O)c2cc(F)ccc21. The fraction of sp³-hybridized carbons (Fsp3) is 0.300. The van der Waals surface area contributed by atoms with Gasteiger partial charge in [-0.1, -0.05) is 13.0 Å². The topological polar surface area (TPSA) is 17.1 Å². The normalized spacial score (nSPS) is 21.2.